The molecule has 2 aromatic heterocycles. The lowest BCUT2D eigenvalue weighted by Gasteiger charge is -2.23. The second-order valence-corrected chi connectivity index (χ2v) is 10.4. The molecule has 11 heteroatoms. The lowest BCUT2D eigenvalue weighted by Crippen LogP contribution is -2.30. The molecule has 1 amide bonds. The van der Waals surface area contributed by atoms with Gasteiger partial charge < -0.3 is 4.90 Å². The average molecular weight is 496 g/mol. The monoisotopic (exact) mass is 495 g/mol. The largest absolute Gasteiger partial charge is 0.313 e. The first-order valence-electron chi connectivity index (χ1n) is 9.95. The molecule has 0 fully saturated rings. The summed E-state index contributed by atoms with van der Waals surface area (Å²) in [6, 6.07) is 15.2. The van der Waals surface area contributed by atoms with Crippen molar-refractivity contribution in [2.45, 2.75) is 13.5 Å². The molecular weight excluding hydrogens is 477 g/mol. The molecule has 0 aliphatic heterocycles. The van der Waals surface area contributed by atoms with Gasteiger partial charge in [-0.15, -0.1) is 11.3 Å². The predicted octanol–water partition coefficient (Wildman–Crippen LogP) is 4.04. The Bertz CT molecular complexity index is 1540. The summed E-state index contributed by atoms with van der Waals surface area (Å²) in [5, 5.41) is 9.95. The summed E-state index contributed by atoms with van der Waals surface area (Å²) >= 11 is 1.21. The molecule has 0 spiro atoms. The van der Waals surface area contributed by atoms with Crippen LogP contribution in [0.15, 0.2) is 54.7 Å². The third-order valence-corrected chi connectivity index (χ3v) is 6.50. The fourth-order valence-electron chi connectivity index (χ4n) is 3.40. The summed E-state index contributed by atoms with van der Waals surface area (Å²) in [7, 11) is -3.76. The number of fused-ring (bicyclic) bond motifs is 1. The SMILES string of the molecule is Cc1sc(N(Cc2ccc(F)c3cccnc23)c2ccc(C#N)cc2)nc1C(=O)NS(C)(=O)=O. The van der Waals surface area contributed by atoms with Crippen LogP contribution in [0.1, 0.15) is 26.5 Å². The van der Waals surface area contributed by atoms with Crippen molar-refractivity contribution >= 4 is 49.0 Å². The van der Waals surface area contributed by atoms with Gasteiger partial charge in [0.2, 0.25) is 10.0 Å². The lowest BCUT2D eigenvalue weighted by atomic mass is 10.1. The lowest BCUT2D eigenvalue weighted by molar-refractivity contribution is 0.0977. The molecule has 0 aliphatic carbocycles. The van der Waals surface area contributed by atoms with Crippen LogP contribution in [0.5, 0.6) is 0 Å². The van der Waals surface area contributed by atoms with Crippen LogP contribution in [0.4, 0.5) is 15.2 Å². The average Bonchev–Trinajstić information content (AvgIpc) is 3.19. The van der Waals surface area contributed by atoms with Crippen LogP contribution in [0.2, 0.25) is 0 Å². The molecular formula is C23H18FN5O3S2. The summed E-state index contributed by atoms with van der Waals surface area (Å²) in [5.74, 6) is -1.21. The number of amides is 1. The number of rotatable bonds is 6. The number of halogens is 1. The molecule has 1 N–H and O–H groups in total. The standard InChI is InChI=1S/C23H18FN5O3S2/c1-14-20(22(30)28-34(2,31)32)27-23(33-14)29(17-8-5-15(12-25)6-9-17)13-16-7-10-19(24)18-4-3-11-26-21(16)18/h3-11H,13H2,1-2H3,(H,28,30). The van der Waals surface area contributed by atoms with Crippen LogP contribution >= 0.6 is 11.3 Å². The van der Waals surface area contributed by atoms with Crippen molar-refractivity contribution in [3.8, 4) is 6.07 Å². The second kappa shape index (κ2) is 9.17. The number of pyridine rings is 1. The van der Waals surface area contributed by atoms with Gasteiger partial charge in [0.25, 0.3) is 5.91 Å². The molecule has 0 atom stereocenters. The molecule has 0 bridgehead atoms. The first-order chi connectivity index (χ1) is 16.2. The number of carbonyl (C=O) groups is 1. The smallest absolute Gasteiger partial charge is 0.284 e. The third kappa shape index (κ3) is 4.88. The van der Waals surface area contributed by atoms with Gasteiger partial charge in [-0.25, -0.2) is 22.5 Å². The van der Waals surface area contributed by atoms with Gasteiger partial charge in [0.1, 0.15) is 11.5 Å². The Kier molecular flexibility index (Phi) is 6.28. The van der Waals surface area contributed by atoms with Gasteiger partial charge in [0, 0.05) is 22.1 Å². The molecule has 4 aromatic rings. The van der Waals surface area contributed by atoms with E-state index >= 15 is 0 Å². The number of thiazole rings is 1. The summed E-state index contributed by atoms with van der Waals surface area (Å²) in [6.45, 7) is 1.91. The molecule has 0 aliphatic rings. The Labute approximate surface area is 199 Å². The van der Waals surface area contributed by atoms with Crippen molar-refractivity contribution in [3.05, 3.63) is 82.2 Å². The van der Waals surface area contributed by atoms with Crippen molar-refractivity contribution in [2.24, 2.45) is 0 Å². The Balaban J connectivity index is 1.81. The zero-order valence-corrected chi connectivity index (χ0v) is 19.7. The number of benzene rings is 2. The first-order valence-corrected chi connectivity index (χ1v) is 12.7. The van der Waals surface area contributed by atoms with Crippen LogP contribution in [0.3, 0.4) is 0 Å². The highest BCUT2D eigenvalue weighted by molar-refractivity contribution is 7.89. The highest BCUT2D eigenvalue weighted by atomic mass is 32.2. The summed E-state index contributed by atoms with van der Waals surface area (Å²) < 4.78 is 39.3. The highest BCUT2D eigenvalue weighted by Crippen LogP contribution is 2.34. The van der Waals surface area contributed by atoms with E-state index in [1.165, 1.54) is 17.4 Å². The number of anilines is 2. The first kappa shape index (κ1) is 23.3. The van der Waals surface area contributed by atoms with Gasteiger partial charge in [-0.3, -0.25) is 9.78 Å². The minimum atomic E-state index is -3.76. The molecule has 2 aromatic carbocycles. The maximum Gasteiger partial charge on any atom is 0.284 e. The number of carbonyl (C=O) groups excluding carboxylic acids is 1. The van der Waals surface area contributed by atoms with E-state index in [1.54, 1.807) is 60.5 Å². The molecule has 0 radical (unpaired) electrons. The zero-order chi connectivity index (χ0) is 24.5. The maximum absolute atomic E-state index is 14.3. The van der Waals surface area contributed by atoms with Crippen LogP contribution in [0.25, 0.3) is 10.9 Å². The number of nitrogens with one attached hydrogen (secondary N) is 1. The van der Waals surface area contributed by atoms with Gasteiger partial charge in [-0.1, -0.05) is 6.07 Å². The van der Waals surface area contributed by atoms with E-state index in [1.807, 2.05) is 4.72 Å². The van der Waals surface area contributed by atoms with Gasteiger partial charge in [0.05, 0.1) is 29.9 Å². The zero-order valence-electron chi connectivity index (χ0n) is 18.1. The molecule has 4 rings (SSSR count). The Morgan fingerprint density at radius 2 is 1.94 bits per heavy atom. The number of nitrogens with zero attached hydrogens (tertiary/aromatic N) is 4. The van der Waals surface area contributed by atoms with Crippen molar-refractivity contribution in [3.63, 3.8) is 0 Å². The van der Waals surface area contributed by atoms with E-state index in [9.17, 15) is 17.6 Å². The number of aromatic nitrogens is 2. The van der Waals surface area contributed by atoms with Crippen LogP contribution in [0, 0.1) is 24.1 Å². The Hall–Kier alpha value is -3.88. The van der Waals surface area contributed by atoms with Crippen LogP contribution in [-0.2, 0) is 16.6 Å². The molecule has 8 nitrogen and oxygen atoms in total. The second-order valence-electron chi connectivity index (χ2n) is 7.46. The van der Waals surface area contributed by atoms with E-state index in [2.05, 4.69) is 16.0 Å². The molecule has 0 saturated carbocycles. The Morgan fingerprint density at radius 1 is 1.21 bits per heavy atom. The minimum absolute atomic E-state index is 0.00819. The van der Waals surface area contributed by atoms with Gasteiger partial charge in [-0.05, 0) is 55.0 Å². The molecule has 34 heavy (non-hydrogen) atoms. The summed E-state index contributed by atoms with van der Waals surface area (Å²) in [4.78, 5) is 23.5. The molecule has 0 saturated heterocycles. The van der Waals surface area contributed by atoms with Crippen LogP contribution < -0.4 is 9.62 Å². The fraction of sp³-hybridized carbons (Fsp3) is 0.130. The molecule has 2 heterocycles. The van der Waals surface area contributed by atoms with E-state index < -0.39 is 15.9 Å². The predicted molar refractivity (Wildman–Crippen MR) is 128 cm³/mol. The number of sulfonamides is 1. The maximum atomic E-state index is 14.3. The molecule has 172 valence electrons. The number of nitriles is 1. The minimum Gasteiger partial charge on any atom is -0.313 e. The van der Waals surface area contributed by atoms with Crippen LogP contribution in [-0.4, -0.2) is 30.5 Å². The van der Waals surface area contributed by atoms with E-state index in [0.717, 1.165) is 11.8 Å². The molecule has 0 unspecified atom stereocenters. The van der Waals surface area contributed by atoms with E-state index in [-0.39, 0.29) is 18.1 Å². The number of hydrogen-bond acceptors (Lipinski definition) is 8. The number of hydrogen-bond donors (Lipinski definition) is 1. The van der Waals surface area contributed by atoms with E-state index in [0.29, 0.717) is 32.2 Å². The van der Waals surface area contributed by atoms with Gasteiger partial charge >= 0.3 is 0 Å². The summed E-state index contributed by atoms with van der Waals surface area (Å²) in [5.41, 5.74) is 2.35. The van der Waals surface area contributed by atoms with E-state index in [4.69, 9.17) is 5.26 Å². The fourth-order valence-corrected chi connectivity index (χ4v) is 4.76. The summed E-state index contributed by atoms with van der Waals surface area (Å²) in [6.07, 6.45) is 2.47. The topological polar surface area (TPSA) is 116 Å². The van der Waals surface area contributed by atoms with Gasteiger partial charge in [0.15, 0.2) is 5.13 Å². The van der Waals surface area contributed by atoms with Gasteiger partial charge in [-0.2, -0.15) is 5.26 Å². The van der Waals surface area contributed by atoms with Crippen molar-refractivity contribution in [2.75, 3.05) is 11.2 Å². The quantitative estimate of drug-likeness (QED) is 0.429. The third-order valence-electron chi connectivity index (χ3n) is 4.95. The highest BCUT2D eigenvalue weighted by Gasteiger charge is 2.23. The Morgan fingerprint density at radius 3 is 2.62 bits per heavy atom. The normalized spacial score (nSPS) is 11.2. The van der Waals surface area contributed by atoms with Crippen molar-refractivity contribution < 1.29 is 17.6 Å². The van der Waals surface area contributed by atoms with Crippen molar-refractivity contribution in [1.82, 2.24) is 14.7 Å². The van der Waals surface area contributed by atoms with Crippen molar-refractivity contribution in [1.29, 1.82) is 5.26 Å². The number of aryl methyl sites for hydroxylation is 1.